The first-order valence-electron chi connectivity index (χ1n) is 5.16. The molecule has 98 valence electrons. The molecule has 0 amide bonds. The minimum absolute atomic E-state index is 0.0569. The molecule has 1 heterocycles. The predicted octanol–water partition coefficient (Wildman–Crippen LogP) is 3.36. The van der Waals surface area contributed by atoms with E-state index in [1.165, 1.54) is 0 Å². The highest BCUT2D eigenvalue weighted by molar-refractivity contribution is 6.35. The molecule has 1 unspecified atom stereocenters. The Bertz CT molecular complexity index is 482. The van der Waals surface area contributed by atoms with Crippen LogP contribution in [-0.4, -0.2) is 24.5 Å². The highest BCUT2D eigenvalue weighted by Gasteiger charge is 2.50. The van der Waals surface area contributed by atoms with Crippen molar-refractivity contribution < 1.29 is 18.3 Å². The minimum atomic E-state index is -3.40. The SMILES string of the molecule is O=C1OC(CNc2cc(Cl)ccc2Cl)CC1(F)F. The molecule has 2 rings (SSSR count). The number of carbonyl (C=O) groups excluding carboxylic acids is 1. The first-order valence-corrected chi connectivity index (χ1v) is 5.92. The van der Waals surface area contributed by atoms with Gasteiger partial charge in [-0.15, -0.1) is 0 Å². The Balaban J connectivity index is 1.97. The van der Waals surface area contributed by atoms with Crippen molar-refractivity contribution in [3.63, 3.8) is 0 Å². The average Bonchev–Trinajstić information content (AvgIpc) is 2.54. The highest BCUT2D eigenvalue weighted by Crippen LogP contribution is 2.32. The summed E-state index contributed by atoms with van der Waals surface area (Å²) in [5.74, 6) is -4.88. The van der Waals surface area contributed by atoms with Crippen molar-refractivity contribution in [3.8, 4) is 0 Å². The van der Waals surface area contributed by atoms with E-state index >= 15 is 0 Å². The van der Waals surface area contributed by atoms with E-state index in [-0.39, 0.29) is 6.54 Å². The van der Waals surface area contributed by atoms with Crippen LogP contribution < -0.4 is 5.32 Å². The Labute approximate surface area is 112 Å². The fourth-order valence-electron chi connectivity index (χ4n) is 1.62. The van der Waals surface area contributed by atoms with Crippen LogP contribution >= 0.6 is 23.2 Å². The molecular weight excluding hydrogens is 287 g/mol. The van der Waals surface area contributed by atoms with Gasteiger partial charge >= 0.3 is 11.9 Å². The summed E-state index contributed by atoms with van der Waals surface area (Å²) in [5.41, 5.74) is 0.510. The van der Waals surface area contributed by atoms with Crippen molar-refractivity contribution >= 4 is 34.9 Å². The zero-order valence-electron chi connectivity index (χ0n) is 9.05. The van der Waals surface area contributed by atoms with Crippen LogP contribution in [0, 0.1) is 0 Å². The van der Waals surface area contributed by atoms with Gasteiger partial charge in [0.1, 0.15) is 6.10 Å². The average molecular weight is 296 g/mol. The summed E-state index contributed by atoms with van der Waals surface area (Å²) in [5, 5.41) is 3.71. The second kappa shape index (κ2) is 4.90. The predicted molar refractivity (Wildman–Crippen MR) is 64.4 cm³/mol. The smallest absolute Gasteiger partial charge is 0.377 e. The molecule has 1 saturated heterocycles. The van der Waals surface area contributed by atoms with Crippen LogP contribution in [-0.2, 0) is 9.53 Å². The Hall–Kier alpha value is -1.07. The maximum Gasteiger partial charge on any atom is 0.377 e. The molecule has 0 spiro atoms. The summed E-state index contributed by atoms with van der Waals surface area (Å²) in [6.45, 7) is 0.0569. The molecule has 0 aliphatic carbocycles. The fraction of sp³-hybridized carbons (Fsp3) is 0.364. The molecule has 0 bridgehead atoms. The first kappa shape index (κ1) is 13.4. The summed E-state index contributed by atoms with van der Waals surface area (Å²) in [4.78, 5) is 10.8. The number of nitrogens with one attached hydrogen (secondary N) is 1. The van der Waals surface area contributed by atoms with Crippen molar-refractivity contribution in [2.75, 3.05) is 11.9 Å². The largest absolute Gasteiger partial charge is 0.456 e. The van der Waals surface area contributed by atoms with Gasteiger partial charge in [-0.3, -0.25) is 0 Å². The third-order valence-corrected chi connectivity index (χ3v) is 3.07. The molecule has 1 N–H and O–H groups in total. The lowest BCUT2D eigenvalue weighted by Crippen LogP contribution is -2.22. The summed E-state index contributed by atoms with van der Waals surface area (Å²) < 4.78 is 30.4. The third-order valence-electron chi connectivity index (χ3n) is 2.50. The van der Waals surface area contributed by atoms with Crippen LogP contribution in [0.25, 0.3) is 0 Å². The van der Waals surface area contributed by atoms with E-state index in [2.05, 4.69) is 10.1 Å². The Kier molecular flexibility index (Phi) is 3.64. The molecule has 1 atom stereocenters. The van der Waals surface area contributed by atoms with Crippen molar-refractivity contribution in [1.82, 2.24) is 0 Å². The molecule has 1 aliphatic heterocycles. The normalized spacial score (nSPS) is 21.8. The molecular formula is C11H9Cl2F2NO2. The quantitative estimate of drug-likeness (QED) is 0.869. The number of rotatable bonds is 3. The topological polar surface area (TPSA) is 38.3 Å². The standard InChI is InChI=1S/C11H9Cl2F2NO2/c12-6-1-2-8(13)9(3-6)16-5-7-4-11(14,15)10(17)18-7/h1-3,7,16H,4-5H2. The number of cyclic esters (lactones) is 1. The van der Waals surface area contributed by atoms with E-state index in [1.807, 2.05) is 0 Å². The summed E-state index contributed by atoms with van der Waals surface area (Å²) >= 11 is 11.7. The van der Waals surface area contributed by atoms with Gasteiger partial charge in [0.25, 0.3) is 0 Å². The van der Waals surface area contributed by atoms with Gasteiger partial charge in [-0.1, -0.05) is 23.2 Å². The second-order valence-electron chi connectivity index (χ2n) is 3.94. The van der Waals surface area contributed by atoms with Crippen LogP contribution in [0.3, 0.4) is 0 Å². The number of carbonyl (C=O) groups is 1. The molecule has 0 aromatic heterocycles. The van der Waals surface area contributed by atoms with Gasteiger partial charge in [0, 0.05) is 5.02 Å². The maximum atomic E-state index is 12.9. The molecule has 1 aromatic rings. The maximum absolute atomic E-state index is 12.9. The molecule has 0 radical (unpaired) electrons. The lowest BCUT2D eigenvalue weighted by molar-refractivity contribution is -0.158. The van der Waals surface area contributed by atoms with Crippen molar-refractivity contribution in [2.24, 2.45) is 0 Å². The molecule has 1 aliphatic rings. The zero-order chi connectivity index (χ0) is 13.3. The van der Waals surface area contributed by atoms with Crippen molar-refractivity contribution in [1.29, 1.82) is 0 Å². The number of alkyl halides is 2. The van der Waals surface area contributed by atoms with Crippen LogP contribution in [0.5, 0.6) is 0 Å². The number of esters is 1. The molecule has 0 saturated carbocycles. The van der Waals surface area contributed by atoms with Gasteiger partial charge < -0.3 is 10.1 Å². The Morgan fingerprint density at radius 3 is 2.78 bits per heavy atom. The summed E-state index contributed by atoms with van der Waals surface area (Å²) in [6, 6.07) is 4.76. The summed E-state index contributed by atoms with van der Waals surface area (Å²) in [6.07, 6.45) is -1.50. The number of halogens is 4. The highest BCUT2D eigenvalue weighted by atomic mass is 35.5. The van der Waals surface area contributed by atoms with E-state index in [9.17, 15) is 13.6 Å². The van der Waals surface area contributed by atoms with Crippen molar-refractivity contribution in [3.05, 3.63) is 28.2 Å². The first-order chi connectivity index (χ1) is 8.38. The minimum Gasteiger partial charge on any atom is -0.456 e. The lowest BCUT2D eigenvalue weighted by atomic mass is 10.2. The van der Waals surface area contributed by atoms with E-state index in [4.69, 9.17) is 23.2 Å². The van der Waals surface area contributed by atoms with Gasteiger partial charge in [-0.25, -0.2) is 4.79 Å². The monoisotopic (exact) mass is 295 g/mol. The van der Waals surface area contributed by atoms with Gasteiger partial charge in [-0.05, 0) is 18.2 Å². The van der Waals surface area contributed by atoms with E-state index < -0.39 is 24.4 Å². The molecule has 3 nitrogen and oxygen atoms in total. The van der Waals surface area contributed by atoms with Crippen LogP contribution in [0.2, 0.25) is 10.0 Å². The molecule has 18 heavy (non-hydrogen) atoms. The number of benzene rings is 1. The van der Waals surface area contributed by atoms with Gasteiger partial charge in [0.2, 0.25) is 0 Å². The fourth-order valence-corrected chi connectivity index (χ4v) is 1.98. The Morgan fingerprint density at radius 1 is 1.44 bits per heavy atom. The number of hydrogen-bond donors (Lipinski definition) is 1. The van der Waals surface area contributed by atoms with Gasteiger partial charge in [0.05, 0.1) is 23.7 Å². The van der Waals surface area contributed by atoms with E-state index in [0.717, 1.165) is 0 Å². The molecule has 1 fully saturated rings. The van der Waals surface area contributed by atoms with Gasteiger partial charge in [-0.2, -0.15) is 8.78 Å². The second-order valence-corrected chi connectivity index (χ2v) is 4.78. The number of ether oxygens (including phenoxy) is 1. The zero-order valence-corrected chi connectivity index (χ0v) is 10.6. The van der Waals surface area contributed by atoms with Crippen LogP contribution in [0.15, 0.2) is 18.2 Å². The van der Waals surface area contributed by atoms with Crippen LogP contribution in [0.1, 0.15) is 6.42 Å². The van der Waals surface area contributed by atoms with Crippen molar-refractivity contribution in [2.45, 2.75) is 18.4 Å². The third kappa shape index (κ3) is 2.84. The van der Waals surface area contributed by atoms with Gasteiger partial charge in [0.15, 0.2) is 0 Å². The number of anilines is 1. The molecule has 7 heteroatoms. The van der Waals surface area contributed by atoms with E-state index in [0.29, 0.717) is 15.7 Å². The lowest BCUT2D eigenvalue weighted by Gasteiger charge is -2.12. The summed E-state index contributed by atoms with van der Waals surface area (Å²) in [7, 11) is 0. The molecule has 1 aromatic carbocycles. The van der Waals surface area contributed by atoms with E-state index in [1.54, 1.807) is 18.2 Å². The van der Waals surface area contributed by atoms with Crippen LogP contribution in [0.4, 0.5) is 14.5 Å². The Morgan fingerprint density at radius 2 is 2.17 bits per heavy atom. The number of hydrogen-bond acceptors (Lipinski definition) is 3.